The van der Waals surface area contributed by atoms with Crippen molar-refractivity contribution < 1.29 is 14.7 Å². The molecule has 8 heteroatoms. The standard InChI is InChI=1S/C11H16N4O3S/c1-7-15(9(5-19-7)10(16)17)11(18)13-3-2-8-4-12-6-14-8/h4,6-7,9H,2-3,5H2,1H3,(H,12,14)(H,13,18)(H,16,17). The van der Waals surface area contributed by atoms with Crippen LogP contribution in [0, 0.1) is 0 Å². The van der Waals surface area contributed by atoms with Crippen molar-refractivity contribution in [3.05, 3.63) is 18.2 Å². The zero-order valence-electron chi connectivity index (χ0n) is 10.5. The molecular formula is C11H16N4O3S. The molecule has 19 heavy (non-hydrogen) atoms. The van der Waals surface area contributed by atoms with Gasteiger partial charge in [0.15, 0.2) is 0 Å². The summed E-state index contributed by atoms with van der Waals surface area (Å²) in [5.74, 6) is -0.523. The molecule has 7 nitrogen and oxygen atoms in total. The fourth-order valence-corrected chi connectivity index (χ4v) is 3.13. The van der Waals surface area contributed by atoms with Crippen LogP contribution in [0.25, 0.3) is 0 Å². The van der Waals surface area contributed by atoms with E-state index in [1.165, 1.54) is 16.7 Å². The number of imidazole rings is 1. The fraction of sp³-hybridized carbons (Fsp3) is 0.545. The summed E-state index contributed by atoms with van der Waals surface area (Å²) in [7, 11) is 0. The van der Waals surface area contributed by atoms with E-state index >= 15 is 0 Å². The molecule has 2 rings (SSSR count). The number of thioether (sulfide) groups is 1. The Morgan fingerprint density at radius 2 is 2.47 bits per heavy atom. The van der Waals surface area contributed by atoms with Gasteiger partial charge < -0.3 is 15.4 Å². The first kappa shape index (κ1) is 13.7. The van der Waals surface area contributed by atoms with Crippen molar-refractivity contribution in [2.24, 2.45) is 0 Å². The number of carboxylic acid groups (broad SMARTS) is 1. The molecule has 2 atom stereocenters. The number of hydrogen-bond acceptors (Lipinski definition) is 4. The Morgan fingerprint density at radius 1 is 1.68 bits per heavy atom. The summed E-state index contributed by atoms with van der Waals surface area (Å²) >= 11 is 1.47. The van der Waals surface area contributed by atoms with E-state index in [0.717, 1.165) is 5.69 Å². The number of hydrogen-bond donors (Lipinski definition) is 3. The van der Waals surface area contributed by atoms with Gasteiger partial charge in [0.05, 0.1) is 11.7 Å². The van der Waals surface area contributed by atoms with Gasteiger partial charge in [-0.1, -0.05) is 0 Å². The van der Waals surface area contributed by atoms with Crippen LogP contribution in [0.1, 0.15) is 12.6 Å². The van der Waals surface area contributed by atoms with Crippen molar-refractivity contribution in [1.29, 1.82) is 0 Å². The van der Waals surface area contributed by atoms with Crippen molar-refractivity contribution in [3.63, 3.8) is 0 Å². The average molecular weight is 284 g/mol. The van der Waals surface area contributed by atoms with Crippen LogP contribution < -0.4 is 5.32 Å². The number of urea groups is 1. The highest BCUT2D eigenvalue weighted by atomic mass is 32.2. The lowest BCUT2D eigenvalue weighted by Crippen LogP contribution is -2.49. The van der Waals surface area contributed by atoms with Crippen LogP contribution in [0.4, 0.5) is 4.79 Å². The fourth-order valence-electron chi connectivity index (χ4n) is 1.96. The Morgan fingerprint density at radius 3 is 3.11 bits per heavy atom. The van der Waals surface area contributed by atoms with Crippen molar-refractivity contribution in [2.45, 2.75) is 24.8 Å². The molecule has 1 aromatic heterocycles. The van der Waals surface area contributed by atoms with Crippen molar-refractivity contribution >= 4 is 23.8 Å². The highest BCUT2D eigenvalue weighted by molar-refractivity contribution is 8.00. The molecular weight excluding hydrogens is 268 g/mol. The SMILES string of the molecule is CC1SCC(C(=O)O)N1C(=O)NCCc1cnc[nH]1. The van der Waals surface area contributed by atoms with Gasteiger partial charge in [0.25, 0.3) is 0 Å². The molecule has 0 spiro atoms. The molecule has 2 amide bonds. The van der Waals surface area contributed by atoms with Gasteiger partial charge in [0.1, 0.15) is 6.04 Å². The summed E-state index contributed by atoms with van der Waals surface area (Å²) in [5.41, 5.74) is 0.930. The van der Waals surface area contributed by atoms with Gasteiger partial charge in [-0.25, -0.2) is 14.6 Å². The third kappa shape index (κ3) is 3.19. The third-order valence-corrected chi connectivity index (χ3v) is 4.19. The van der Waals surface area contributed by atoms with Gasteiger partial charge >= 0.3 is 12.0 Å². The topological polar surface area (TPSA) is 98.3 Å². The molecule has 2 unspecified atom stereocenters. The maximum atomic E-state index is 12.0. The molecule has 0 radical (unpaired) electrons. The zero-order chi connectivity index (χ0) is 13.8. The van der Waals surface area contributed by atoms with Crippen LogP contribution >= 0.6 is 11.8 Å². The van der Waals surface area contributed by atoms with Gasteiger partial charge in [-0.15, -0.1) is 11.8 Å². The maximum absolute atomic E-state index is 12.0. The Labute approximate surface area is 114 Å². The summed E-state index contributed by atoms with van der Waals surface area (Å²) in [6.07, 6.45) is 3.91. The summed E-state index contributed by atoms with van der Waals surface area (Å²) in [5, 5.41) is 11.7. The molecule has 0 aliphatic carbocycles. The number of carboxylic acids is 1. The first-order chi connectivity index (χ1) is 9.09. The second-order valence-corrected chi connectivity index (χ2v) is 5.60. The summed E-state index contributed by atoms with van der Waals surface area (Å²) < 4.78 is 0. The third-order valence-electron chi connectivity index (χ3n) is 2.97. The molecule has 0 aromatic carbocycles. The van der Waals surface area contributed by atoms with Crippen LogP contribution in [0.5, 0.6) is 0 Å². The zero-order valence-corrected chi connectivity index (χ0v) is 11.3. The van der Waals surface area contributed by atoms with E-state index < -0.39 is 12.0 Å². The molecule has 104 valence electrons. The van der Waals surface area contributed by atoms with E-state index in [4.69, 9.17) is 5.11 Å². The number of aliphatic carboxylic acids is 1. The molecule has 1 saturated heterocycles. The molecule has 2 heterocycles. The van der Waals surface area contributed by atoms with Crippen molar-refractivity contribution in [3.8, 4) is 0 Å². The van der Waals surface area contributed by atoms with Crippen LogP contribution in [-0.4, -0.2) is 55.7 Å². The number of rotatable bonds is 4. The number of carbonyl (C=O) groups is 2. The van der Waals surface area contributed by atoms with E-state index in [9.17, 15) is 9.59 Å². The Hall–Kier alpha value is -1.70. The molecule has 1 aromatic rings. The first-order valence-electron chi connectivity index (χ1n) is 5.97. The van der Waals surface area contributed by atoms with Crippen LogP contribution in [0.15, 0.2) is 12.5 Å². The molecule has 0 bridgehead atoms. The minimum absolute atomic E-state index is 0.117. The molecule has 1 aliphatic rings. The van der Waals surface area contributed by atoms with Crippen LogP contribution in [-0.2, 0) is 11.2 Å². The second kappa shape index (κ2) is 5.96. The van der Waals surface area contributed by atoms with E-state index in [1.54, 1.807) is 12.5 Å². The quantitative estimate of drug-likeness (QED) is 0.748. The predicted molar refractivity (Wildman–Crippen MR) is 70.9 cm³/mol. The lowest BCUT2D eigenvalue weighted by atomic mass is 10.3. The molecule has 3 N–H and O–H groups in total. The highest BCUT2D eigenvalue weighted by Crippen LogP contribution is 2.28. The number of amides is 2. The molecule has 0 saturated carbocycles. The smallest absolute Gasteiger partial charge is 0.327 e. The van der Waals surface area contributed by atoms with Crippen molar-refractivity contribution in [2.75, 3.05) is 12.3 Å². The lowest BCUT2D eigenvalue weighted by molar-refractivity contribution is -0.141. The minimum atomic E-state index is -0.958. The monoisotopic (exact) mass is 284 g/mol. The second-order valence-electron chi connectivity index (χ2n) is 4.25. The van der Waals surface area contributed by atoms with Gasteiger partial charge in [-0.2, -0.15) is 0 Å². The first-order valence-corrected chi connectivity index (χ1v) is 7.02. The van der Waals surface area contributed by atoms with E-state index in [2.05, 4.69) is 15.3 Å². The molecule has 1 aliphatic heterocycles. The summed E-state index contributed by atoms with van der Waals surface area (Å²) in [4.78, 5) is 31.3. The summed E-state index contributed by atoms with van der Waals surface area (Å²) in [6, 6.07) is -1.07. The number of aromatic amines is 1. The predicted octanol–water partition coefficient (Wildman–Crippen LogP) is 0.510. The Balaban J connectivity index is 1.86. The van der Waals surface area contributed by atoms with Crippen LogP contribution in [0.3, 0.4) is 0 Å². The summed E-state index contributed by atoms with van der Waals surface area (Å²) in [6.45, 7) is 2.28. The number of H-pyrrole nitrogens is 1. The number of nitrogens with zero attached hydrogens (tertiary/aromatic N) is 2. The largest absolute Gasteiger partial charge is 0.480 e. The van der Waals surface area contributed by atoms with E-state index in [0.29, 0.717) is 18.7 Å². The number of carbonyl (C=O) groups excluding carboxylic acids is 1. The van der Waals surface area contributed by atoms with E-state index in [-0.39, 0.29) is 11.4 Å². The highest BCUT2D eigenvalue weighted by Gasteiger charge is 2.39. The Kier molecular flexibility index (Phi) is 4.31. The number of aromatic nitrogens is 2. The van der Waals surface area contributed by atoms with Crippen LogP contribution in [0.2, 0.25) is 0 Å². The number of nitrogens with one attached hydrogen (secondary N) is 2. The van der Waals surface area contributed by atoms with E-state index in [1.807, 2.05) is 6.92 Å². The van der Waals surface area contributed by atoms with Gasteiger partial charge in [0, 0.05) is 30.6 Å². The average Bonchev–Trinajstić information content (AvgIpc) is 2.98. The Bertz CT molecular complexity index is 451. The van der Waals surface area contributed by atoms with Gasteiger partial charge in [-0.3, -0.25) is 4.90 Å². The maximum Gasteiger partial charge on any atom is 0.327 e. The van der Waals surface area contributed by atoms with Gasteiger partial charge in [-0.05, 0) is 6.92 Å². The molecule has 1 fully saturated rings. The van der Waals surface area contributed by atoms with Crippen molar-refractivity contribution in [1.82, 2.24) is 20.2 Å². The minimum Gasteiger partial charge on any atom is -0.480 e. The normalized spacial score (nSPS) is 22.5. The lowest BCUT2D eigenvalue weighted by Gasteiger charge is -2.25. The van der Waals surface area contributed by atoms with Gasteiger partial charge in [0.2, 0.25) is 0 Å².